The van der Waals surface area contributed by atoms with E-state index in [0.717, 1.165) is 60.9 Å². The minimum absolute atomic E-state index is 0.0260. The molecule has 2 N–H and O–H groups in total. The fourth-order valence-corrected chi connectivity index (χ4v) is 4.92. The quantitative estimate of drug-likeness (QED) is 0.443. The molecule has 0 saturated carbocycles. The van der Waals surface area contributed by atoms with Gasteiger partial charge in [-0.2, -0.15) is 0 Å². The molecule has 1 aromatic carbocycles. The topological polar surface area (TPSA) is 108 Å². The molecule has 10 heteroatoms. The van der Waals surface area contributed by atoms with Gasteiger partial charge in [0, 0.05) is 30.6 Å². The third-order valence-electron chi connectivity index (χ3n) is 7.01. The Bertz CT molecular complexity index is 1440. The third-order valence-corrected chi connectivity index (χ3v) is 7.01. The molecule has 0 amide bonds. The third kappa shape index (κ3) is 4.12. The van der Waals surface area contributed by atoms with E-state index in [1.165, 1.54) is 0 Å². The highest BCUT2D eigenvalue weighted by molar-refractivity contribution is 5.67. The number of anilines is 1. The molecule has 2 aliphatic heterocycles. The summed E-state index contributed by atoms with van der Waals surface area (Å²) in [5, 5.41) is 8.35. The Labute approximate surface area is 208 Å². The van der Waals surface area contributed by atoms with Crippen LogP contribution in [0.25, 0.3) is 22.8 Å². The van der Waals surface area contributed by atoms with Crippen LogP contribution in [0, 0.1) is 25.1 Å². The van der Waals surface area contributed by atoms with Gasteiger partial charge in [-0.1, -0.05) is 29.5 Å². The van der Waals surface area contributed by atoms with Gasteiger partial charge in [0.05, 0.1) is 37.3 Å². The van der Waals surface area contributed by atoms with Gasteiger partial charge in [-0.05, 0) is 37.1 Å². The average Bonchev–Trinajstić information content (AvgIpc) is 3.27. The molecule has 2 fully saturated rings. The second kappa shape index (κ2) is 8.72. The summed E-state index contributed by atoms with van der Waals surface area (Å²) in [7, 11) is 0. The van der Waals surface area contributed by atoms with Crippen molar-refractivity contribution < 1.29 is 9.13 Å². The Hall–Kier alpha value is -3.76. The van der Waals surface area contributed by atoms with Crippen molar-refractivity contribution in [3.8, 4) is 22.8 Å². The van der Waals surface area contributed by atoms with Gasteiger partial charge in [-0.3, -0.25) is 9.88 Å². The first-order valence-electron chi connectivity index (χ1n) is 11.9. The molecular weight excluding hydrogens is 459 g/mol. The number of nitrogen functional groups attached to an aromatic ring is 1. The first kappa shape index (κ1) is 22.7. The maximum Gasteiger partial charge on any atom is 0.193 e. The number of hydrogen-bond acceptors (Lipinski definition) is 8. The number of hydrogen-bond donors (Lipinski definition) is 1. The van der Waals surface area contributed by atoms with Crippen molar-refractivity contribution in [1.82, 2.24) is 34.8 Å². The van der Waals surface area contributed by atoms with Crippen LogP contribution in [0.4, 0.5) is 10.2 Å². The Morgan fingerprint density at radius 3 is 2.50 bits per heavy atom. The Kier molecular flexibility index (Phi) is 5.50. The van der Waals surface area contributed by atoms with Crippen LogP contribution in [-0.4, -0.2) is 61.1 Å². The van der Waals surface area contributed by atoms with Crippen LogP contribution in [0.15, 0.2) is 42.6 Å². The summed E-state index contributed by atoms with van der Waals surface area (Å²) >= 11 is 0. The van der Waals surface area contributed by atoms with Gasteiger partial charge >= 0.3 is 0 Å². The van der Waals surface area contributed by atoms with E-state index < -0.39 is 5.82 Å². The molecule has 36 heavy (non-hydrogen) atoms. The Morgan fingerprint density at radius 2 is 1.75 bits per heavy atom. The molecule has 0 bridgehead atoms. The molecule has 3 aromatic heterocycles. The normalized spacial score (nSPS) is 16.6. The van der Waals surface area contributed by atoms with Crippen molar-refractivity contribution in [3.05, 3.63) is 70.9 Å². The molecule has 9 nitrogen and oxygen atoms in total. The van der Waals surface area contributed by atoms with Crippen molar-refractivity contribution in [2.75, 3.05) is 32.0 Å². The van der Waals surface area contributed by atoms with E-state index in [1.54, 1.807) is 10.9 Å². The van der Waals surface area contributed by atoms with Crippen LogP contribution >= 0.6 is 0 Å². The molecule has 6 rings (SSSR count). The van der Waals surface area contributed by atoms with Gasteiger partial charge < -0.3 is 10.5 Å². The number of halogens is 1. The van der Waals surface area contributed by atoms with Crippen molar-refractivity contribution in [1.29, 1.82) is 0 Å². The Balaban J connectivity index is 1.21. The predicted molar refractivity (Wildman–Crippen MR) is 132 cm³/mol. The number of likely N-dealkylation sites (tertiary alicyclic amines) is 1. The number of rotatable bonds is 6. The van der Waals surface area contributed by atoms with Crippen molar-refractivity contribution in [2.24, 2.45) is 5.41 Å². The number of nitrogens with two attached hydrogens (primary N) is 1. The highest BCUT2D eigenvalue weighted by Gasteiger charge is 2.48. The summed E-state index contributed by atoms with van der Waals surface area (Å²) in [4.78, 5) is 15.8. The van der Waals surface area contributed by atoms with Crippen LogP contribution < -0.4 is 5.73 Å². The lowest BCUT2D eigenvalue weighted by atomic mass is 9.78. The van der Waals surface area contributed by atoms with E-state index in [1.807, 2.05) is 50.2 Å². The van der Waals surface area contributed by atoms with Gasteiger partial charge in [0.1, 0.15) is 11.4 Å². The standard InChI is InChI=1S/C26H27FN8O/c1-16-5-3-8-20(17(16)2)25-30-23(22(27)24(28)31-25)21-11-35(33-32-21)10-19-7-4-6-18(29-19)9-34-12-26(13-34)14-36-15-26/h3-8,11H,9-10,12-15H2,1-2H3,(H2,28,30,31). The highest BCUT2D eigenvalue weighted by Crippen LogP contribution is 2.38. The van der Waals surface area contributed by atoms with E-state index in [4.69, 9.17) is 15.5 Å². The Morgan fingerprint density at radius 1 is 1.00 bits per heavy atom. The first-order valence-corrected chi connectivity index (χ1v) is 11.9. The molecule has 2 saturated heterocycles. The van der Waals surface area contributed by atoms with Gasteiger partial charge in [0.2, 0.25) is 0 Å². The molecule has 4 aromatic rings. The van der Waals surface area contributed by atoms with E-state index in [-0.39, 0.29) is 17.2 Å². The summed E-state index contributed by atoms with van der Waals surface area (Å²) < 4.78 is 21.9. The van der Waals surface area contributed by atoms with Gasteiger partial charge in [-0.25, -0.2) is 19.0 Å². The van der Waals surface area contributed by atoms with Crippen LogP contribution in [0.2, 0.25) is 0 Å². The van der Waals surface area contributed by atoms with Crippen molar-refractivity contribution in [2.45, 2.75) is 26.9 Å². The monoisotopic (exact) mass is 486 g/mol. The SMILES string of the molecule is Cc1cccc(-c2nc(N)c(F)c(-c3cn(Cc4cccc(CN5CC6(COC6)C5)n4)nn3)n2)c1C. The van der Waals surface area contributed by atoms with Crippen LogP contribution in [0.3, 0.4) is 0 Å². The van der Waals surface area contributed by atoms with Gasteiger partial charge in [0.15, 0.2) is 17.5 Å². The summed E-state index contributed by atoms with van der Waals surface area (Å²) in [5.41, 5.74) is 11.4. The summed E-state index contributed by atoms with van der Waals surface area (Å²) in [6.07, 6.45) is 1.65. The second-order valence-electron chi connectivity index (χ2n) is 9.90. The predicted octanol–water partition coefficient (Wildman–Crippen LogP) is 3.02. The second-order valence-corrected chi connectivity index (χ2v) is 9.90. The number of nitrogens with zero attached hydrogens (tertiary/aromatic N) is 7. The summed E-state index contributed by atoms with van der Waals surface area (Å²) in [6.45, 7) is 9.06. The molecular formula is C26H27FN8O. The minimum atomic E-state index is -0.708. The van der Waals surface area contributed by atoms with Crippen LogP contribution in [0.5, 0.6) is 0 Å². The van der Waals surface area contributed by atoms with Gasteiger partial charge in [-0.15, -0.1) is 5.10 Å². The smallest absolute Gasteiger partial charge is 0.193 e. The largest absolute Gasteiger partial charge is 0.381 e. The lowest BCUT2D eigenvalue weighted by Crippen LogP contribution is -2.65. The molecule has 184 valence electrons. The number of aromatic nitrogens is 6. The summed E-state index contributed by atoms with van der Waals surface area (Å²) in [6, 6.07) is 11.8. The van der Waals surface area contributed by atoms with Crippen molar-refractivity contribution >= 4 is 5.82 Å². The zero-order chi connectivity index (χ0) is 24.9. The first-order chi connectivity index (χ1) is 17.4. The number of ether oxygens (including phenoxy) is 1. The van der Waals surface area contributed by atoms with Crippen LogP contribution in [0.1, 0.15) is 22.5 Å². The molecule has 0 atom stereocenters. The van der Waals surface area contributed by atoms with E-state index in [2.05, 4.69) is 25.2 Å². The van der Waals surface area contributed by atoms with Crippen molar-refractivity contribution in [3.63, 3.8) is 0 Å². The zero-order valence-electron chi connectivity index (χ0n) is 20.3. The van der Waals surface area contributed by atoms with E-state index in [0.29, 0.717) is 17.8 Å². The fourth-order valence-electron chi connectivity index (χ4n) is 4.92. The minimum Gasteiger partial charge on any atom is -0.381 e. The lowest BCUT2D eigenvalue weighted by molar-refractivity contribution is -0.191. The maximum absolute atomic E-state index is 14.9. The molecule has 5 heterocycles. The number of benzene rings is 1. The molecule has 0 radical (unpaired) electrons. The summed E-state index contributed by atoms with van der Waals surface area (Å²) in [5.74, 6) is -0.572. The fraction of sp³-hybridized carbons (Fsp3) is 0.346. The highest BCUT2D eigenvalue weighted by atomic mass is 19.1. The molecule has 0 unspecified atom stereocenters. The lowest BCUT2D eigenvalue weighted by Gasteiger charge is -2.55. The molecule has 0 aliphatic carbocycles. The molecule has 2 aliphatic rings. The number of pyridine rings is 1. The number of aryl methyl sites for hydroxylation is 1. The molecule has 1 spiro atoms. The van der Waals surface area contributed by atoms with Gasteiger partial charge in [0.25, 0.3) is 0 Å². The zero-order valence-corrected chi connectivity index (χ0v) is 20.3. The van der Waals surface area contributed by atoms with E-state index >= 15 is 0 Å². The van der Waals surface area contributed by atoms with Crippen LogP contribution in [-0.2, 0) is 17.8 Å². The average molecular weight is 487 g/mol. The van der Waals surface area contributed by atoms with E-state index in [9.17, 15) is 4.39 Å². The maximum atomic E-state index is 14.9.